The number of aromatic amines is 1. The standard InChI is InChI=1S/C13H9ClN4O/c14-12-8-11(19)13(16-15-12)18-7-6-10(17-18)9-4-2-1-3-5-9/h1-8H,(H,15,19). The van der Waals surface area contributed by atoms with Crippen molar-refractivity contribution in [1.29, 1.82) is 0 Å². The topological polar surface area (TPSA) is 63.6 Å². The summed E-state index contributed by atoms with van der Waals surface area (Å²) in [6.45, 7) is 0. The van der Waals surface area contributed by atoms with Crippen molar-refractivity contribution in [2.75, 3.05) is 0 Å². The van der Waals surface area contributed by atoms with Gasteiger partial charge in [-0.1, -0.05) is 41.9 Å². The van der Waals surface area contributed by atoms with Gasteiger partial charge in [-0.3, -0.25) is 9.89 Å². The number of hydrogen-bond donors (Lipinski definition) is 1. The fraction of sp³-hybridized carbons (Fsp3) is 0. The lowest BCUT2D eigenvalue weighted by Gasteiger charge is -1.99. The zero-order valence-electron chi connectivity index (χ0n) is 9.75. The largest absolute Gasteiger partial charge is 0.286 e. The molecule has 0 aliphatic rings. The van der Waals surface area contributed by atoms with Crippen LogP contribution in [0.5, 0.6) is 0 Å². The Labute approximate surface area is 113 Å². The highest BCUT2D eigenvalue weighted by atomic mass is 35.5. The van der Waals surface area contributed by atoms with Gasteiger partial charge in [0.25, 0.3) is 0 Å². The van der Waals surface area contributed by atoms with E-state index in [0.717, 1.165) is 11.3 Å². The molecule has 0 aliphatic heterocycles. The fourth-order valence-electron chi connectivity index (χ4n) is 1.74. The Morgan fingerprint density at radius 2 is 1.95 bits per heavy atom. The lowest BCUT2D eigenvalue weighted by molar-refractivity contribution is 0.807. The minimum absolute atomic E-state index is 0.187. The maximum absolute atomic E-state index is 11.8. The summed E-state index contributed by atoms with van der Waals surface area (Å²) in [5, 5.41) is 11.0. The third-order valence-corrected chi connectivity index (χ3v) is 2.82. The third-order valence-electron chi connectivity index (χ3n) is 2.62. The Bertz CT molecular complexity index is 764. The minimum atomic E-state index is -0.286. The zero-order valence-corrected chi connectivity index (χ0v) is 10.5. The number of aromatic nitrogens is 4. The Morgan fingerprint density at radius 1 is 1.16 bits per heavy atom. The second kappa shape index (κ2) is 4.70. The van der Waals surface area contributed by atoms with Gasteiger partial charge in [-0.25, -0.2) is 4.68 Å². The summed E-state index contributed by atoms with van der Waals surface area (Å²) >= 11 is 5.66. The van der Waals surface area contributed by atoms with Gasteiger partial charge >= 0.3 is 0 Å². The minimum Gasteiger partial charge on any atom is -0.286 e. The van der Waals surface area contributed by atoms with Crippen molar-refractivity contribution in [3.8, 4) is 17.1 Å². The molecule has 1 N–H and O–H groups in total. The quantitative estimate of drug-likeness (QED) is 0.778. The van der Waals surface area contributed by atoms with Gasteiger partial charge in [-0.15, -0.1) is 0 Å². The Morgan fingerprint density at radius 3 is 2.68 bits per heavy atom. The average Bonchev–Trinajstić information content (AvgIpc) is 2.89. The van der Waals surface area contributed by atoms with Crippen molar-refractivity contribution in [2.45, 2.75) is 0 Å². The summed E-state index contributed by atoms with van der Waals surface area (Å²) in [5.74, 6) is 0.187. The summed E-state index contributed by atoms with van der Waals surface area (Å²) in [6.07, 6.45) is 1.69. The Hall–Kier alpha value is -2.40. The maximum atomic E-state index is 11.8. The monoisotopic (exact) mass is 272 g/mol. The van der Waals surface area contributed by atoms with Crippen LogP contribution in [0.3, 0.4) is 0 Å². The summed E-state index contributed by atoms with van der Waals surface area (Å²) in [7, 11) is 0. The number of halogens is 1. The molecule has 0 amide bonds. The number of nitrogens with zero attached hydrogens (tertiary/aromatic N) is 3. The molecule has 3 rings (SSSR count). The normalized spacial score (nSPS) is 10.6. The van der Waals surface area contributed by atoms with Crippen molar-refractivity contribution < 1.29 is 0 Å². The molecule has 19 heavy (non-hydrogen) atoms. The van der Waals surface area contributed by atoms with E-state index in [9.17, 15) is 4.79 Å². The van der Waals surface area contributed by atoms with Crippen molar-refractivity contribution >= 4 is 11.6 Å². The molecule has 0 fully saturated rings. The molecule has 6 heteroatoms. The van der Waals surface area contributed by atoms with E-state index in [2.05, 4.69) is 15.3 Å². The molecule has 0 atom stereocenters. The van der Waals surface area contributed by atoms with Crippen molar-refractivity contribution in [3.05, 3.63) is 64.0 Å². The van der Waals surface area contributed by atoms with E-state index in [-0.39, 0.29) is 16.4 Å². The van der Waals surface area contributed by atoms with Crippen LogP contribution in [-0.2, 0) is 0 Å². The molecular weight excluding hydrogens is 264 g/mol. The highest BCUT2D eigenvalue weighted by molar-refractivity contribution is 6.29. The molecular formula is C13H9ClN4O. The molecule has 94 valence electrons. The van der Waals surface area contributed by atoms with E-state index in [4.69, 9.17) is 11.6 Å². The predicted octanol–water partition coefficient (Wildman–Crippen LogP) is 2.28. The van der Waals surface area contributed by atoms with Crippen LogP contribution in [0.2, 0.25) is 5.15 Å². The van der Waals surface area contributed by atoms with Gasteiger partial charge in [-0.2, -0.15) is 10.2 Å². The number of benzene rings is 1. The highest BCUT2D eigenvalue weighted by Crippen LogP contribution is 2.16. The maximum Gasteiger partial charge on any atom is 0.227 e. The van der Waals surface area contributed by atoms with Gasteiger partial charge in [0.05, 0.1) is 5.69 Å². The summed E-state index contributed by atoms with van der Waals surface area (Å²) in [6, 6.07) is 12.8. The van der Waals surface area contributed by atoms with Gasteiger partial charge in [0, 0.05) is 17.8 Å². The molecule has 0 saturated carbocycles. The van der Waals surface area contributed by atoms with Gasteiger partial charge in [0.2, 0.25) is 11.2 Å². The first-order chi connectivity index (χ1) is 9.24. The van der Waals surface area contributed by atoms with Crippen LogP contribution >= 0.6 is 11.6 Å². The van der Waals surface area contributed by atoms with E-state index >= 15 is 0 Å². The number of nitrogens with one attached hydrogen (secondary N) is 1. The lowest BCUT2D eigenvalue weighted by Crippen LogP contribution is -2.14. The molecule has 2 aromatic heterocycles. The molecule has 0 bridgehead atoms. The van der Waals surface area contributed by atoms with Crippen LogP contribution in [0.25, 0.3) is 17.1 Å². The van der Waals surface area contributed by atoms with Gasteiger partial charge in [-0.05, 0) is 6.07 Å². The van der Waals surface area contributed by atoms with Crippen molar-refractivity contribution in [3.63, 3.8) is 0 Å². The van der Waals surface area contributed by atoms with Crippen LogP contribution in [0.4, 0.5) is 0 Å². The number of hydrogen-bond acceptors (Lipinski definition) is 3. The summed E-state index contributed by atoms with van der Waals surface area (Å²) in [5.41, 5.74) is 1.47. The molecule has 1 aromatic carbocycles. The SMILES string of the molecule is O=c1cc(Cl)[nH]nc1-n1ccc(-c2ccccc2)n1. The first-order valence-corrected chi connectivity index (χ1v) is 5.98. The average molecular weight is 273 g/mol. The first-order valence-electron chi connectivity index (χ1n) is 5.61. The Kier molecular flexibility index (Phi) is 2.89. The van der Waals surface area contributed by atoms with Crippen molar-refractivity contribution in [1.82, 2.24) is 20.0 Å². The molecule has 0 saturated heterocycles. The first kappa shape index (κ1) is 11.7. The fourth-order valence-corrected chi connectivity index (χ4v) is 1.88. The molecule has 0 unspecified atom stereocenters. The smallest absolute Gasteiger partial charge is 0.227 e. The van der Waals surface area contributed by atoms with Crippen LogP contribution in [0, 0.1) is 0 Å². The molecule has 0 spiro atoms. The predicted molar refractivity (Wildman–Crippen MR) is 72.4 cm³/mol. The van der Waals surface area contributed by atoms with E-state index in [0.29, 0.717) is 0 Å². The third kappa shape index (κ3) is 2.28. The summed E-state index contributed by atoms with van der Waals surface area (Å²) < 4.78 is 1.43. The summed E-state index contributed by atoms with van der Waals surface area (Å²) in [4.78, 5) is 11.8. The highest BCUT2D eigenvalue weighted by Gasteiger charge is 2.08. The zero-order chi connectivity index (χ0) is 13.2. The van der Waals surface area contributed by atoms with E-state index in [1.54, 1.807) is 6.20 Å². The molecule has 0 radical (unpaired) electrons. The van der Waals surface area contributed by atoms with Crippen LogP contribution in [0.1, 0.15) is 0 Å². The van der Waals surface area contributed by atoms with E-state index in [1.165, 1.54) is 10.7 Å². The van der Waals surface area contributed by atoms with E-state index < -0.39 is 0 Å². The van der Waals surface area contributed by atoms with Crippen molar-refractivity contribution in [2.24, 2.45) is 0 Å². The van der Waals surface area contributed by atoms with Crippen LogP contribution in [-0.4, -0.2) is 20.0 Å². The van der Waals surface area contributed by atoms with Gasteiger partial charge < -0.3 is 0 Å². The number of H-pyrrole nitrogens is 1. The number of rotatable bonds is 2. The molecule has 5 nitrogen and oxygen atoms in total. The van der Waals surface area contributed by atoms with E-state index in [1.807, 2.05) is 36.4 Å². The molecule has 2 heterocycles. The van der Waals surface area contributed by atoms with Crippen LogP contribution in [0.15, 0.2) is 53.5 Å². The van der Waals surface area contributed by atoms with Gasteiger partial charge in [0.15, 0.2) is 0 Å². The molecule has 3 aromatic rings. The second-order valence-corrected chi connectivity index (χ2v) is 4.32. The van der Waals surface area contributed by atoms with Gasteiger partial charge in [0.1, 0.15) is 5.15 Å². The Balaban J connectivity index is 2.04. The molecule has 0 aliphatic carbocycles. The van der Waals surface area contributed by atoms with Crippen LogP contribution < -0.4 is 5.43 Å². The lowest BCUT2D eigenvalue weighted by atomic mass is 10.2. The second-order valence-electron chi connectivity index (χ2n) is 3.92.